The molecule has 0 saturated carbocycles. The molecule has 0 saturated heterocycles. The first-order valence-electron chi connectivity index (χ1n) is 6.59. The first-order chi connectivity index (χ1) is 10.1. The topological polar surface area (TPSA) is 34.1 Å². The highest BCUT2D eigenvalue weighted by atomic mass is 79.9. The highest BCUT2D eigenvalue weighted by Gasteiger charge is 2.15. The largest absolute Gasteiger partial charge is 0.472 e. The van der Waals surface area contributed by atoms with Crippen LogP contribution in [-0.2, 0) is 19.6 Å². The Balaban J connectivity index is 1.78. The molecule has 0 bridgehead atoms. The van der Waals surface area contributed by atoms with Crippen LogP contribution in [0.15, 0.2) is 28.7 Å². The number of nitrogens with one attached hydrogen (secondary N) is 1. The van der Waals surface area contributed by atoms with E-state index in [-0.39, 0.29) is 12.4 Å². The van der Waals surface area contributed by atoms with Crippen LogP contribution in [0.5, 0.6) is 5.88 Å². The molecule has 1 N–H and O–H groups in total. The lowest BCUT2D eigenvalue weighted by molar-refractivity contribution is 0.284. The molecule has 3 nitrogen and oxygen atoms in total. The third-order valence-corrected chi connectivity index (χ3v) is 4.16. The number of benzene rings is 1. The van der Waals surface area contributed by atoms with Gasteiger partial charge in [-0.3, -0.25) is 0 Å². The molecular weight excluding hydrogens is 359 g/mol. The van der Waals surface area contributed by atoms with Crippen molar-refractivity contribution in [1.29, 1.82) is 0 Å². The Morgan fingerprint density at radius 1 is 1.38 bits per heavy atom. The molecule has 0 amide bonds. The summed E-state index contributed by atoms with van der Waals surface area (Å²) in [4.78, 5) is 4.49. The molecule has 2 heterocycles. The van der Waals surface area contributed by atoms with E-state index >= 15 is 0 Å². The van der Waals surface area contributed by atoms with E-state index in [0.29, 0.717) is 16.5 Å². The maximum absolute atomic E-state index is 13.7. The summed E-state index contributed by atoms with van der Waals surface area (Å²) in [6.07, 6.45) is 0.951. The van der Waals surface area contributed by atoms with Crippen LogP contribution in [0.1, 0.15) is 16.8 Å². The molecular formula is C15H13BrClFN2O. The number of pyridine rings is 1. The molecule has 0 spiro atoms. The van der Waals surface area contributed by atoms with Gasteiger partial charge in [0, 0.05) is 17.1 Å². The number of hydrogen-bond acceptors (Lipinski definition) is 3. The van der Waals surface area contributed by atoms with Gasteiger partial charge in [-0.1, -0.05) is 17.7 Å². The highest BCUT2D eigenvalue weighted by Crippen LogP contribution is 2.28. The minimum atomic E-state index is -0.377. The zero-order valence-electron chi connectivity index (χ0n) is 11.1. The second-order valence-corrected chi connectivity index (χ2v) is 6.12. The number of nitrogens with zero attached hydrogens (tertiary/aromatic N) is 1. The molecule has 0 radical (unpaired) electrons. The van der Waals surface area contributed by atoms with Crippen LogP contribution in [0.25, 0.3) is 0 Å². The van der Waals surface area contributed by atoms with Gasteiger partial charge in [0.1, 0.15) is 12.4 Å². The number of rotatable bonds is 3. The first-order valence-corrected chi connectivity index (χ1v) is 7.76. The van der Waals surface area contributed by atoms with Gasteiger partial charge >= 0.3 is 0 Å². The van der Waals surface area contributed by atoms with Crippen molar-refractivity contribution in [1.82, 2.24) is 10.3 Å². The van der Waals surface area contributed by atoms with Crippen LogP contribution in [-0.4, -0.2) is 11.5 Å². The fraction of sp³-hybridized carbons (Fsp3) is 0.267. The molecule has 0 unspecified atom stereocenters. The van der Waals surface area contributed by atoms with Crippen LogP contribution < -0.4 is 10.1 Å². The van der Waals surface area contributed by atoms with Gasteiger partial charge in [0.25, 0.3) is 0 Å². The van der Waals surface area contributed by atoms with E-state index in [1.807, 2.05) is 6.07 Å². The lowest BCUT2D eigenvalue weighted by atomic mass is 10.1. The Labute approximate surface area is 135 Å². The zero-order chi connectivity index (χ0) is 14.8. The van der Waals surface area contributed by atoms with Gasteiger partial charge in [0.05, 0.1) is 10.2 Å². The lowest BCUT2D eigenvalue weighted by Crippen LogP contribution is -2.24. The molecule has 6 heteroatoms. The smallest absolute Gasteiger partial charge is 0.228 e. The standard InChI is InChI=1S/C15H13BrClFN2O/c16-12-5-9-3-4-19-7-14(9)20-15(12)21-8-10-1-2-11(17)6-13(10)18/h1-2,5-6,19H,3-4,7-8H2. The van der Waals surface area contributed by atoms with Gasteiger partial charge in [0.2, 0.25) is 5.88 Å². The minimum Gasteiger partial charge on any atom is -0.472 e. The molecule has 2 aromatic rings. The predicted molar refractivity (Wildman–Crippen MR) is 83.1 cm³/mol. The quantitative estimate of drug-likeness (QED) is 0.889. The van der Waals surface area contributed by atoms with Crippen molar-refractivity contribution in [2.45, 2.75) is 19.6 Å². The molecule has 1 aliphatic rings. The first kappa shape index (κ1) is 14.8. The molecule has 1 aromatic carbocycles. The van der Waals surface area contributed by atoms with E-state index in [1.165, 1.54) is 11.6 Å². The SMILES string of the molecule is Fc1cc(Cl)ccc1COc1nc2c(cc1Br)CCNC2. The third-order valence-electron chi connectivity index (χ3n) is 3.36. The second kappa shape index (κ2) is 6.30. The van der Waals surface area contributed by atoms with Gasteiger partial charge in [0.15, 0.2) is 0 Å². The molecule has 0 aliphatic carbocycles. The Morgan fingerprint density at radius 2 is 2.24 bits per heavy atom. The molecule has 0 fully saturated rings. The average molecular weight is 372 g/mol. The van der Waals surface area contributed by atoms with Crippen molar-refractivity contribution in [3.8, 4) is 5.88 Å². The maximum Gasteiger partial charge on any atom is 0.228 e. The second-order valence-electron chi connectivity index (χ2n) is 4.83. The number of ether oxygens (including phenoxy) is 1. The molecule has 3 rings (SSSR count). The van der Waals surface area contributed by atoms with Gasteiger partial charge in [-0.25, -0.2) is 9.37 Å². The summed E-state index contributed by atoms with van der Waals surface area (Å²) in [5.74, 6) is 0.102. The minimum absolute atomic E-state index is 0.112. The van der Waals surface area contributed by atoms with E-state index in [2.05, 4.69) is 26.2 Å². The van der Waals surface area contributed by atoms with E-state index in [4.69, 9.17) is 16.3 Å². The van der Waals surface area contributed by atoms with Gasteiger partial charge in [-0.15, -0.1) is 0 Å². The summed E-state index contributed by atoms with van der Waals surface area (Å²) in [6.45, 7) is 1.80. The van der Waals surface area contributed by atoms with Crippen molar-refractivity contribution in [3.05, 3.63) is 56.4 Å². The number of halogens is 3. The summed E-state index contributed by atoms with van der Waals surface area (Å²) in [5.41, 5.74) is 2.64. The number of fused-ring (bicyclic) bond motifs is 1. The summed E-state index contributed by atoms with van der Waals surface area (Å²) >= 11 is 9.19. The van der Waals surface area contributed by atoms with Gasteiger partial charge in [-0.2, -0.15) is 0 Å². The fourth-order valence-corrected chi connectivity index (χ4v) is 2.87. The average Bonchev–Trinajstić information content (AvgIpc) is 2.46. The summed E-state index contributed by atoms with van der Waals surface area (Å²) in [6, 6.07) is 6.56. The number of hydrogen-bond donors (Lipinski definition) is 1. The molecule has 0 atom stereocenters. The van der Waals surface area contributed by atoms with Gasteiger partial charge in [-0.05, 0) is 52.7 Å². The van der Waals surface area contributed by atoms with E-state index in [1.54, 1.807) is 12.1 Å². The summed E-state index contributed by atoms with van der Waals surface area (Å²) < 4.78 is 20.2. The summed E-state index contributed by atoms with van der Waals surface area (Å²) in [7, 11) is 0. The van der Waals surface area contributed by atoms with Crippen LogP contribution in [0.4, 0.5) is 4.39 Å². The zero-order valence-corrected chi connectivity index (χ0v) is 13.5. The van der Waals surface area contributed by atoms with Crippen molar-refractivity contribution in [2.75, 3.05) is 6.54 Å². The third kappa shape index (κ3) is 3.36. The number of aromatic nitrogens is 1. The Kier molecular flexibility index (Phi) is 4.42. The lowest BCUT2D eigenvalue weighted by Gasteiger charge is -2.18. The van der Waals surface area contributed by atoms with Crippen molar-refractivity contribution in [3.63, 3.8) is 0 Å². The molecule has 110 valence electrons. The Bertz CT molecular complexity index is 681. The van der Waals surface area contributed by atoms with E-state index in [0.717, 1.165) is 29.7 Å². The van der Waals surface area contributed by atoms with Crippen molar-refractivity contribution >= 4 is 27.5 Å². The Hall–Kier alpha value is -1.17. The monoisotopic (exact) mass is 370 g/mol. The van der Waals surface area contributed by atoms with Crippen molar-refractivity contribution in [2.24, 2.45) is 0 Å². The highest BCUT2D eigenvalue weighted by molar-refractivity contribution is 9.10. The predicted octanol–water partition coefficient (Wildman–Crippen LogP) is 3.86. The van der Waals surface area contributed by atoms with Crippen LogP contribution in [0.2, 0.25) is 5.02 Å². The molecule has 1 aliphatic heterocycles. The Morgan fingerprint density at radius 3 is 3.05 bits per heavy atom. The van der Waals surface area contributed by atoms with E-state index in [9.17, 15) is 4.39 Å². The van der Waals surface area contributed by atoms with Crippen LogP contribution >= 0.6 is 27.5 Å². The molecule has 1 aromatic heterocycles. The summed E-state index contributed by atoms with van der Waals surface area (Å²) in [5, 5.41) is 3.64. The van der Waals surface area contributed by atoms with Gasteiger partial charge < -0.3 is 10.1 Å². The fourth-order valence-electron chi connectivity index (χ4n) is 2.23. The van der Waals surface area contributed by atoms with Crippen molar-refractivity contribution < 1.29 is 9.13 Å². The van der Waals surface area contributed by atoms with Crippen LogP contribution in [0, 0.1) is 5.82 Å². The van der Waals surface area contributed by atoms with E-state index < -0.39 is 0 Å². The van der Waals surface area contributed by atoms with Crippen LogP contribution in [0.3, 0.4) is 0 Å². The molecule has 21 heavy (non-hydrogen) atoms. The normalized spacial score (nSPS) is 13.9. The maximum atomic E-state index is 13.7.